The van der Waals surface area contributed by atoms with E-state index in [0.717, 1.165) is 27.7 Å². The monoisotopic (exact) mass is 294 g/mol. The van der Waals surface area contributed by atoms with Gasteiger partial charge in [-0.2, -0.15) is 0 Å². The minimum atomic E-state index is 0. The van der Waals surface area contributed by atoms with Crippen LogP contribution in [0.25, 0.3) is 0 Å². The second-order valence-electron chi connectivity index (χ2n) is 4.96. The Morgan fingerprint density at radius 3 is 2.00 bits per heavy atom. The van der Waals surface area contributed by atoms with E-state index in [2.05, 4.69) is 19.1 Å². The third-order valence-electron chi connectivity index (χ3n) is 3.25. The van der Waals surface area contributed by atoms with Gasteiger partial charge < -0.3 is 4.74 Å². The molecule has 1 unspecified atom stereocenters. The number of carbonyl (C=O) groups is 1. The molecule has 0 aliphatic carbocycles. The quantitative estimate of drug-likeness (QED) is 0.640. The maximum absolute atomic E-state index is 12.5. The van der Waals surface area contributed by atoms with Gasteiger partial charge in [0.15, 0.2) is 5.52 Å². The first-order chi connectivity index (χ1) is 9.51. The fraction of sp³-hybridized carbons (Fsp3) is 0.235. The summed E-state index contributed by atoms with van der Waals surface area (Å²) in [4.78, 5) is 12.5. The van der Waals surface area contributed by atoms with Crippen molar-refractivity contribution in [1.82, 2.24) is 0 Å². The fourth-order valence-electron chi connectivity index (χ4n) is 2.41. The number of methoxy groups -OCH3 is 1. The zero-order chi connectivity index (χ0) is 14.7. The van der Waals surface area contributed by atoms with E-state index in [1.165, 1.54) is 5.56 Å². The van der Waals surface area contributed by atoms with Crippen LogP contribution in [0.2, 0.25) is 0 Å². The van der Waals surface area contributed by atoms with E-state index < -0.39 is 0 Å². The van der Waals surface area contributed by atoms with Gasteiger partial charge in [-0.3, -0.25) is 4.79 Å². The molecule has 0 radical (unpaired) electrons. The van der Waals surface area contributed by atoms with E-state index in [9.17, 15) is 4.79 Å². The molecule has 21 heavy (non-hydrogen) atoms. The molecule has 0 fully saturated rings. The second-order valence-corrected chi connectivity index (χ2v) is 6.24. The number of ether oxygens (including phenoxy) is 1. The fourth-order valence-corrected chi connectivity index (χ4v) is 3.52. The number of benzene rings is 2. The Kier molecular flexibility index (Phi) is 6.69. The van der Waals surface area contributed by atoms with Crippen LogP contribution >= 0.6 is 8.58 Å². The van der Waals surface area contributed by atoms with E-state index in [1.54, 1.807) is 7.11 Å². The van der Waals surface area contributed by atoms with Crippen LogP contribution in [-0.2, 0) is 0 Å². The van der Waals surface area contributed by atoms with Gasteiger partial charge in [-0.1, -0.05) is 29.8 Å². The van der Waals surface area contributed by atoms with Crippen LogP contribution in [-0.4, -0.2) is 31.5 Å². The van der Waals surface area contributed by atoms with Gasteiger partial charge >= 0.3 is 18.9 Å². The molecule has 2 aromatic carbocycles. The van der Waals surface area contributed by atoms with Gasteiger partial charge in [-0.25, -0.2) is 0 Å². The van der Waals surface area contributed by atoms with Gasteiger partial charge in [0.2, 0.25) is 0 Å². The van der Waals surface area contributed by atoms with E-state index in [1.807, 2.05) is 38.1 Å². The summed E-state index contributed by atoms with van der Waals surface area (Å²) in [5, 5.41) is 1.04. The SMILES string of the molecule is COc1ccc(PC(=O)c2c(C)cc(C)cc2C)cc1.[LiH]. The van der Waals surface area contributed by atoms with Gasteiger partial charge in [0.25, 0.3) is 0 Å². The molecule has 0 aliphatic heterocycles. The molecule has 2 rings (SSSR count). The van der Waals surface area contributed by atoms with Crippen molar-refractivity contribution in [3.05, 3.63) is 58.7 Å². The van der Waals surface area contributed by atoms with E-state index >= 15 is 0 Å². The van der Waals surface area contributed by atoms with Gasteiger partial charge in [-0.05, 0) is 57.9 Å². The molecule has 0 amide bonds. The molecule has 4 heteroatoms. The minimum absolute atomic E-state index is 0. The van der Waals surface area contributed by atoms with Crippen molar-refractivity contribution in [3.8, 4) is 5.75 Å². The van der Waals surface area contributed by atoms with Gasteiger partial charge in [0, 0.05) is 5.56 Å². The molecule has 0 aliphatic rings. The number of hydrogen-bond acceptors (Lipinski definition) is 2. The third kappa shape index (κ3) is 4.45. The maximum atomic E-state index is 12.5. The van der Waals surface area contributed by atoms with Crippen LogP contribution < -0.4 is 10.0 Å². The first-order valence-corrected chi connectivity index (χ1v) is 7.54. The van der Waals surface area contributed by atoms with Crippen molar-refractivity contribution in [3.63, 3.8) is 0 Å². The van der Waals surface area contributed by atoms with Crippen molar-refractivity contribution in [1.29, 1.82) is 0 Å². The molecule has 0 saturated heterocycles. The zero-order valence-corrected chi connectivity index (χ0v) is 13.3. The summed E-state index contributed by atoms with van der Waals surface area (Å²) in [5.74, 6) is 0.814. The first-order valence-electron chi connectivity index (χ1n) is 6.54. The summed E-state index contributed by atoms with van der Waals surface area (Å²) >= 11 is 0. The van der Waals surface area contributed by atoms with E-state index in [0.29, 0.717) is 0 Å². The average Bonchev–Trinajstić information content (AvgIpc) is 2.38. The molecule has 0 aromatic heterocycles. The Morgan fingerprint density at radius 1 is 1.00 bits per heavy atom. The van der Waals surface area contributed by atoms with Crippen molar-refractivity contribution >= 4 is 38.3 Å². The molecule has 0 heterocycles. The third-order valence-corrected chi connectivity index (χ3v) is 4.35. The molecule has 2 aromatic rings. The van der Waals surface area contributed by atoms with Gasteiger partial charge in [-0.15, -0.1) is 0 Å². The molecule has 106 valence electrons. The first kappa shape index (κ1) is 18.0. The molecular formula is C17H20LiO2P. The molecular weight excluding hydrogens is 274 g/mol. The summed E-state index contributed by atoms with van der Waals surface area (Å²) in [6.45, 7) is 6.07. The summed E-state index contributed by atoms with van der Waals surface area (Å²) in [5.41, 5.74) is 4.39. The van der Waals surface area contributed by atoms with Crippen LogP contribution in [0.5, 0.6) is 5.75 Å². The van der Waals surface area contributed by atoms with Gasteiger partial charge in [0.1, 0.15) is 5.75 Å². The van der Waals surface area contributed by atoms with Crippen LogP contribution in [0.15, 0.2) is 36.4 Å². The van der Waals surface area contributed by atoms with Crippen LogP contribution in [0, 0.1) is 20.8 Å². The van der Waals surface area contributed by atoms with Crippen LogP contribution in [0.3, 0.4) is 0 Å². The standard InChI is InChI=1S/C17H19O2P.Li.H/c1-11-9-12(2)16(13(3)10-11)17(18)20-15-7-5-14(19-4)6-8-15;;/h5-10,20H,1-4H3;;. The average molecular weight is 294 g/mol. The van der Waals surface area contributed by atoms with Crippen molar-refractivity contribution < 1.29 is 9.53 Å². The van der Waals surface area contributed by atoms with Crippen molar-refractivity contribution in [2.45, 2.75) is 20.8 Å². The molecule has 0 saturated carbocycles. The van der Waals surface area contributed by atoms with Crippen LogP contribution in [0.4, 0.5) is 0 Å². The topological polar surface area (TPSA) is 26.3 Å². The number of rotatable bonds is 4. The van der Waals surface area contributed by atoms with E-state index in [-0.39, 0.29) is 33.0 Å². The Labute approximate surface area is 140 Å². The Morgan fingerprint density at radius 2 is 1.52 bits per heavy atom. The Hall–Kier alpha value is -1.06. The predicted molar refractivity (Wildman–Crippen MR) is 93.1 cm³/mol. The van der Waals surface area contributed by atoms with Crippen LogP contribution in [0.1, 0.15) is 27.0 Å². The molecule has 0 bridgehead atoms. The summed E-state index contributed by atoms with van der Waals surface area (Å²) in [6.07, 6.45) is 0. The van der Waals surface area contributed by atoms with Crippen molar-refractivity contribution in [2.24, 2.45) is 0 Å². The summed E-state index contributed by atoms with van der Waals surface area (Å²) in [7, 11) is 1.79. The Bertz CT molecular complexity index is 613. The molecule has 0 N–H and O–H groups in total. The Balaban J connectivity index is 0.00000220. The van der Waals surface area contributed by atoms with Crippen molar-refractivity contribution in [2.75, 3.05) is 7.11 Å². The molecule has 1 atom stereocenters. The number of aryl methyl sites for hydroxylation is 3. The number of hydrogen-bond donors (Lipinski definition) is 0. The van der Waals surface area contributed by atoms with E-state index in [4.69, 9.17) is 4.74 Å². The second kappa shape index (κ2) is 7.81. The summed E-state index contributed by atoms with van der Waals surface area (Å²) in [6, 6.07) is 11.8. The predicted octanol–water partition coefficient (Wildman–Crippen LogP) is 3.12. The molecule has 2 nitrogen and oxygen atoms in total. The van der Waals surface area contributed by atoms with Gasteiger partial charge in [0.05, 0.1) is 7.11 Å². The zero-order valence-electron chi connectivity index (χ0n) is 12.3. The summed E-state index contributed by atoms with van der Waals surface area (Å²) < 4.78 is 5.13. The number of carbonyl (C=O) groups excluding carboxylic acids is 1. The normalized spacial score (nSPS) is 10.5. The molecule has 0 spiro atoms.